The Kier molecular flexibility index (Phi) is 9.03. The molecule has 34 heavy (non-hydrogen) atoms. The standard InChI is InChI=1S/C27H28FNO5/c1-3-29(18-21-11-13-22(28)14-12-21)26(30)19-34-23-8-6-7-20(17-23)15-16-33-25-10-5-4-9-24(25)27(31)32-2/h4-14,17H,3,15-16,18-19H2,1-2H3. The van der Waals surface area contributed by atoms with Gasteiger partial charge in [-0.2, -0.15) is 0 Å². The predicted octanol–water partition coefficient (Wildman–Crippen LogP) is 4.66. The number of methoxy groups -OCH3 is 1. The fourth-order valence-electron chi connectivity index (χ4n) is 3.36. The molecule has 0 unspecified atom stereocenters. The number of para-hydroxylation sites is 1. The summed E-state index contributed by atoms with van der Waals surface area (Å²) in [5, 5.41) is 0. The van der Waals surface area contributed by atoms with Crippen molar-refractivity contribution in [2.45, 2.75) is 19.9 Å². The van der Waals surface area contributed by atoms with Gasteiger partial charge in [-0.25, -0.2) is 9.18 Å². The Morgan fingerprint density at radius 2 is 1.68 bits per heavy atom. The number of benzene rings is 3. The van der Waals surface area contributed by atoms with Gasteiger partial charge in [0, 0.05) is 19.5 Å². The summed E-state index contributed by atoms with van der Waals surface area (Å²) in [5.41, 5.74) is 2.20. The average Bonchev–Trinajstić information content (AvgIpc) is 2.87. The van der Waals surface area contributed by atoms with Gasteiger partial charge in [-0.15, -0.1) is 0 Å². The largest absolute Gasteiger partial charge is 0.492 e. The first-order valence-electron chi connectivity index (χ1n) is 11.0. The maximum absolute atomic E-state index is 13.1. The lowest BCUT2D eigenvalue weighted by molar-refractivity contribution is -0.133. The van der Waals surface area contributed by atoms with Gasteiger partial charge < -0.3 is 19.1 Å². The highest BCUT2D eigenvalue weighted by Gasteiger charge is 2.14. The topological polar surface area (TPSA) is 65.1 Å². The van der Waals surface area contributed by atoms with Crippen LogP contribution in [0.15, 0.2) is 72.8 Å². The van der Waals surface area contributed by atoms with Crippen molar-refractivity contribution in [3.63, 3.8) is 0 Å². The van der Waals surface area contributed by atoms with Crippen molar-refractivity contribution >= 4 is 11.9 Å². The fourth-order valence-corrected chi connectivity index (χ4v) is 3.36. The van der Waals surface area contributed by atoms with E-state index in [0.29, 0.717) is 43.2 Å². The van der Waals surface area contributed by atoms with Gasteiger partial charge in [0.15, 0.2) is 6.61 Å². The zero-order valence-electron chi connectivity index (χ0n) is 19.3. The van der Waals surface area contributed by atoms with E-state index in [-0.39, 0.29) is 18.3 Å². The normalized spacial score (nSPS) is 10.4. The quantitative estimate of drug-likeness (QED) is 0.386. The molecule has 6 nitrogen and oxygen atoms in total. The molecule has 3 aromatic rings. The Morgan fingerprint density at radius 3 is 2.41 bits per heavy atom. The Hall–Kier alpha value is -3.87. The lowest BCUT2D eigenvalue weighted by Crippen LogP contribution is -2.34. The highest BCUT2D eigenvalue weighted by atomic mass is 19.1. The number of hydrogen-bond donors (Lipinski definition) is 0. The molecule has 3 aromatic carbocycles. The van der Waals surface area contributed by atoms with Crippen LogP contribution in [0.3, 0.4) is 0 Å². The molecule has 0 N–H and O–H groups in total. The molecular weight excluding hydrogens is 437 g/mol. The maximum atomic E-state index is 13.1. The Bertz CT molecular complexity index is 1100. The summed E-state index contributed by atoms with van der Waals surface area (Å²) in [4.78, 5) is 26.1. The lowest BCUT2D eigenvalue weighted by atomic mass is 10.1. The number of nitrogens with zero attached hydrogens (tertiary/aromatic N) is 1. The van der Waals surface area contributed by atoms with Gasteiger partial charge in [0.05, 0.1) is 13.7 Å². The Labute approximate surface area is 198 Å². The van der Waals surface area contributed by atoms with E-state index in [1.165, 1.54) is 19.2 Å². The third-order valence-electron chi connectivity index (χ3n) is 5.22. The fraction of sp³-hybridized carbons (Fsp3) is 0.259. The van der Waals surface area contributed by atoms with Gasteiger partial charge in [-0.1, -0.05) is 36.4 Å². The van der Waals surface area contributed by atoms with Crippen molar-refractivity contribution < 1.29 is 28.2 Å². The van der Waals surface area contributed by atoms with Crippen molar-refractivity contribution in [3.8, 4) is 11.5 Å². The molecule has 0 bridgehead atoms. The van der Waals surface area contributed by atoms with E-state index in [1.54, 1.807) is 47.4 Å². The second-order valence-corrected chi connectivity index (χ2v) is 7.56. The molecule has 0 saturated carbocycles. The van der Waals surface area contributed by atoms with Crippen LogP contribution in [0.4, 0.5) is 4.39 Å². The molecule has 0 aliphatic heterocycles. The molecule has 0 heterocycles. The molecule has 0 atom stereocenters. The van der Waals surface area contributed by atoms with E-state index in [4.69, 9.17) is 14.2 Å². The molecule has 0 spiro atoms. The van der Waals surface area contributed by atoms with Crippen LogP contribution in [-0.2, 0) is 22.5 Å². The van der Waals surface area contributed by atoms with Crippen molar-refractivity contribution in [1.82, 2.24) is 4.90 Å². The molecule has 178 valence electrons. The SMILES string of the molecule is CCN(Cc1ccc(F)cc1)C(=O)COc1cccc(CCOc2ccccc2C(=O)OC)c1. The van der Waals surface area contributed by atoms with Gasteiger partial charge in [-0.3, -0.25) is 4.79 Å². The van der Waals surface area contributed by atoms with E-state index in [0.717, 1.165) is 11.1 Å². The van der Waals surface area contributed by atoms with E-state index < -0.39 is 5.97 Å². The second-order valence-electron chi connectivity index (χ2n) is 7.56. The Balaban J connectivity index is 1.52. The van der Waals surface area contributed by atoms with E-state index >= 15 is 0 Å². The van der Waals surface area contributed by atoms with Gasteiger partial charge >= 0.3 is 5.97 Å². The first kappa shape index (κ1) is 24.8. The minimum Gasteiger partial charge on any atom is -0.492 e. The van der Waals surface area contributed by atoms with Crippen molar-refractivity contribution in [1.29, 1.82) is 0 Å². The van der Waals surface area contributed by atoms with E-state index in [1.807, 2.05) is 25.1 Å². The highest BCUT2D eigenvalue weighted by Crippen LogP contribution is 2.20. The van der Waals surface area contributed by atoms with Gasteiger partial charge in [0.25, 0.3) is 5.91 Å². The third kappa shape index (κ3) is 7.07. The molecule has 0 radical (unpaired) electrons. The zero-order chi connectivity index (χ0) is 24.3. The lowest BCUT2D eigenvalue weighted by Gasteiger charge is -2.21. The molecule has 0 aliphatic carbocycles. The van der Waals surface area contributed by atoms with Crippen LogP contribution in [0.5, 0.6) is 11.5 Å². The van der Waals surface area contributed by atoms with Crippen molar-refractivity contribution in [2.24, 2.45) is 0 Å². The van der Waals surface area contributed by atoms with E-state index in [9.17, 15) is 14.0 Å². The van der Waals surface area contributed by atoms with Crippen LogP contribution in [0.2, 0.25) is 0 Å². The summed E-state index contributed by atoms with van der Waals surface area (Å²) in [5.74, 6) is 0.141. The minimum atomic E-state index is -0.448. The summed E-state index contributed by atoms with van der Waals surface area (Å²) < 4.78 is 29.4. The van der Waals surface area contributed by atoms with Crippen molar-refractivity contribution in [2.75, 3.05) is 26.9 Å². The van der Waals surface area contributed by atoms with Crippen LogP contribution in [0, 0.1) is 5.82 Å². The monoisotopic (exact) mass is 465 g/mol. The zero-order valence-corrected chi connectivity index (χ0v) is 19.3. The number of carbonyl (C=O) groups excluding carboxylic acids is 2. The van der Waals surface area contributed by atoms with E-state index in [2.05, 4.69) is 0 Å². The second kappa shape index (κ2) is 12.4. The molecule has 3 rings (SSSR count). The van der Waals surface area contributed by atoms with Crippen LogP contribution >= 0.6 is 0 Å². The first-order chi connectivity index (χ1) is 16.5. The molecular formula is C27H28FNO5. The number of halogens is 1. The van der Waals surface area contributed by atoms with Gasteiger partial charge in [0.1, 0.15) is 22.9 Å². The van der Waals surface area contributed by atoms with Gasteiger partial charge in [0.2, 0.25) is 0 Å². The molecule has 0 aromatic heterocycles. The molecule has 0 fully saturated rings. The summed E-state index contributed by atoms with van der Waals surface area (Å²) in [6, 6.07) is 20.5. The van der Waals surface area contributed by atoms with Crippen molar-refractivity contribution in [3.05, 3.63) is 95.3 Å². The number of carbonyl (C=O) groups is 2. The summed E-state index contributed by atoms with van der Waals surface area (Å²) in [7, 11) is 1.33. The van der Waals surface area contributed by atoms with Crippen LogP contribution in [-0.4, -0.2) is 43.6 Å². The van der Waals surface area contributed by atoms with Crippen LogP contribution in [0.1, 0.15) is 28.4 Å². The number of ether oxygens (including phenoxy) is 3. The molecule has 0 aliphatic rings. The molecule has 0 saturated heterocycles. The smallest absolute Gasteiger partial charge is 0.341 e. The number of likely N-dealkylation sites (N-methyl/N-ethyl adjacent to an activating group) is 1. The van der Waals surface area contributed by atoms with Crippen LogP contribution < -0.4 is 9.47 Å². The predicted molar refractivity (Wildman–Crippen MR) is 126 cm³/mol. The average molecular weight is 466 g/mol. The number of amides is 1. The number of rotatable bonds is 11. The van der Waals surface area contributed by atoms with Gasteiger partial charge in [-0.05, 0) is 54.4 Å². The first-order valence-corrected chi connectivity index (χ1v) is 11.0. The number of hydrogen-bond acceptors (Lipinski definition) is 5. The number of esters is 1. The third-order valence-corrected chi connectivity index (χ3v) is 5.22. The maximum Gasteiger partial charge on any atom is 0.341 e. The highest BCUT2D eigenvalue weighted by molar-refractivity contribution is 5.92. The molecule has 1 amide bonds. The summed E-state index contributed by atoms with van der Waals surface area (Å²) in [6.45, 7) is 3.06. The summed E-state index contributed by atoms with van der Waals surface area (Å²) >= 11 is 0. The molecule has 7 heteroatoms. The van der Waals surface area contributed by atoms with Crippen LogP contribution in [0.25, 0.3) is 0 Å². The summed E-state index contributed by atoms with van der Waals surface area (Å²) in [6.07, 6.45) is 0.590. The Morgan fingerprint density at radius 1 is 0.912 bits per heavy atom. The minimum absolute atomic E-state index is 0.0957.